The van der Waals surface area contributed by atoms with Gasteiger partial charge in [0.15, 0.2) is 0 Å². The van der Waals surface area contributed by atoms with Gasteiger partial charge in [0.25, 0.3) is 0 Å². The van der Waals surface area contributed by atoms with Crippen LogP contribution in [-0.4, -0.2) is 32.1 Å². The van der Waals surface area contributed by atoms with Gasteiger partial charge in [-0.15, -0.1) is 5.10 Å². The van der Waals surface area contributed by atoms with Crippen LogP contribution in [0.3, 0.4) is 0 Å². The summed E-state index contributed by atoms with van der Waals surface area (Å²) in [6.07, 6.45) is 5.60. The summed E-state index contributed by atoms with van der Waals surface area (Å²) in [5, 5.41) is 9.56. The standard InChI is InChI=1S/C17H15N5O/c1-23-13-4-2-12(3-5-13)10-22-11-16(20-21-22)14-6-8-18-17-15(14)7-9-19-17/h2-9,11H,10H2,1H3,(H,18,19). The van der Waals surface area contributed by atoms with Crippen LogP contribution in [0.2, 0.25) is 0 Å². The Labute approximate surface area is 132 Å². The second-order valence-electron chi connectivity index (χ2n) is 5.25. The Balaban J connectivity index is 1.62. The highest BCUT2D eigenvalue weighted by atomic mass is 16.5. The van der Waals surface area contributed by atoms with Crippen molar-refractivity contribution in [3.05, 3.63) is 60.6 Å². The van der Waals surface area contributed by atoms with Gasteiger partial charge in [-0.25, -0.2) is 9.67 Å². The third-order valence-corrected chi connectivity index (χ3v) is 3.78. The molecule has 4 aromatic rings. The van der Waals surface area contributed by atoms with Crippen molar-refractivity contribution in [2.75, 3.05) is 7.11 Å². The minimum atomic E-state index is 0.665. The summed E-state index contributed by atoms with van der Waals surface area (Å²) in [5.41, 5.74) is 3.86. The lowest BCUT2D eigenvalue weighted by Crippen LogP contribution is -2.00. The van der Waals surface area contributed by atoms with Gasteiger partial charge in [0.1, 0.15) is 17.1 Å². The van der Waals surface area contributed by atoms with Crippen LogP contribution in [0.1, 0.15) is 5.56 Å². The van der Waals surface area contributed by atoms with E-state index in [1.807, 2.05) is 53.5 Å². The van der Waals surface area contributed by atoms with E-state index in [2.05, 4.69) is 20.3 Å². The van der Waals surface area contributed by atoms with Gasteiger partial charge in [-0.3, -0.25) is 0 Å². The van der Waals surface area contributed by atoms with Crippen LogP contribution in [0.25, 0.3) is 22.3 Å². The fraction of sp³-hybridized carbons (Fsp3) is 0.118. The van der Waals surface area contributed by atoms with Gasteiger partial charge >= 0.3 is 0 Å². The van der Waals surface area contributed by atoms with Crippen LogP contribution in [0, 0.1) is 0 Å². The van der Waals surface area contributed by atoms with Gasteiger partial charge in [0.2, 0.25) is 0 Å². The lowest BCUT2D eigenvalue weighted by molar-refractivity contribution is 0.414. The minimum absolute atomic E-state index is 0.665. The predicted octanol–water partition coefficient (Wildman–Crippen LogP) is 2.88. The number of benzene rings is 1. The number of ether oxygens (including phenoxy) is 1. The number of rotatable bonds is 4. The number of H-pyrrole nitrogens is 1. The second kappa shape index (κ2) is 5.57. The number of pyridine rings is 1. The highest BCUT2D eigenvalue weighted by Gasteiger charge is 2.09. The molecule has 114 valence electrons. The van der Waals surface area contributed by atoms with E-state index in [9.17, 15) is 0 Å². The summed E-state index contributed by atoms with van der Waals surface area (Å²) in [6, 6.07) is 11.9. The number of hydrogen-bond acceptors (Lipinski definition) is 4. The number of fused-ring (bicyclic) bond motifs is 1. The van der Waals surface area contributed by atoms with Crippen molar-refractivity contribution in [1.29, 1.82) is 0 Å². The van der Waals surface area contributed by atoms with Crippen LogP contribution in [0.5, 0.6) is 5.75 Å². The Morgan fingerprint density at radius 2 is 2.00 bits per heavy atom. The summed E-state index contributed by atoms with van der Waals surface area (Å²) < 4.78 is 7.00. The Hall–Kier alpha value is -3.15. The monoisotopic (exact) mass is 305 g/mol. The molecule has 0 saturated heterocycles. The van der Waals surface area contributed by atoms with Crippen molar-refractivity contribution in [2.24, 2.45) is 0 Å². The maximum absolute atomic E-state index is 5.17. The van der Waals surface area contributed by atoms with Gasteiger partial charge in [-0.1, -0.05) is 17.3 Å². The lowest BCUT2D eigenvalue weighted by atomic mass is 10.1. The molecule has 23 heavy (non-hydrogen) atoms. The third-order valence-electron chi connectivity index (χ3n) is 3.78. The smallest absolute Gasteiger partial charge is 0.137 e. The molecule has 0 bridgehead atoms. The lowest BCUT2D eigenvalue weighted by Gasteiger charge is -2.03. The van der Waals surface area contributed by atoms with E-state index in [0.717, 1.165) is 33.6 Å². The molecule has 0 aliphatic rings. The van der Waals surface area contributed by atoms with Crippen molar-refractivity contribution in [2.45, 2.75) is 6.54 Å². The van der Waals surface area contributed by atoms with Crippen LogP contribution in [0.4, 0.5) is 0 Å². The minimum Gasteiger partial charge on any atom is -0.497 e. The Bertz CT molecular complexity index is 939. The van der Waals surface area contributed by atoms with Crippen molar-refractivity contribution < 1.29 is 4.74 Å². The molecule has 0 unspecified atom stereocenters. The van der Waals surface area contributed by atoms with Gasteiger partial charge in [0.05, 0.1) is 19.9 Å². The van der Waals surface area contributed by atoms with Crippen molar-refractivity contribution in [3.63, 3.8) is 0 Å². The molecule has 6 heteroatoms. The molecule has 3 aromatic heterocycles. The first-order valence-electron chi connectivity index (χ1n) is 7.29. The first kappa shape index (κ1) is 13.5. The highest BCUT2D eigenvalue weighted by molar-refractivity contribution is 5.91. The molecule has 0 radical (unpaired) electrons. The number of nitrogens with zero attached hydrogens (tertiary/aromatic N) is 4. The van der Waals surface area contributed by atoms with Gasteiger partial charge < -0.3 is 9.72 Å². The number of aromatic nitrogens is 5. The van der Waals surface area contributed by atoms with E-state index in [-0.39, 0.29) is 0 Å². The average Bonchev–Trinajstić information content (AvgIpc) is 3.24. The van der Waals surface area contributed by atoms with E-state index in [1.165, 1.54) is 0 Å². The number of aromatic amines is 1. The topological polar surface area (TPSA) is 68.6 Å². The quantitative estimate of drug-likeness (QED) is 0.629. The molecule has 1 N–H and O–H groups in total. The molecule has 3 heterocycles. The summed E-state index contributed by atoms with van der Waals surface area (Å²) in [7, 11) is 1.66. The fourth-order valence-electron chi connectivity index (χ4n) is 2.60. The van der Waals surface area contributed by atoms with Crippen molar-refractivity contribution >= 4 is 11.0 Å². The second-order valence-corrected chi connectivity index (χ2v) is 5.25. The van der Waals surface area contributed by atoms with Crippen LogP contribution in [-0.2, 0) is 6.54 Å². The van der Waals surface area contributed by atoms with Crippen LogP contribution < -0.4 is 4.74 Å². The first-order chi connectivity index (χ1) is 11.3. The SMILES string of the molecule is COc1ccc(Cn2cc(-c3ccnc4[nH]ccc34)nn2)cc1. The molecule has 0 aliphatic carbocycles. The van der Waals surface area contributed by atoms with Gasteiger partial charge in [-0.05, 0) is 29.8 Å². The average molecular weight is 305 g/mol. The molecule has 4 rings (SSSR count). The third kappa shape index (κ3) is 2.55. The molecule has 0 saturated carbocycles. The van der Waals surface area contributed by atoms with E-state index in [0.29, 0.717) is 6.54 Å². The summed E-state index contributed by atoms with van der Waals surface area (Å²) in [5.74, 6) is 0.847. The molecule has 0 atom stereocenters. The highest BCUT2D eigenvalue weighted by Crippen LogP contribution is 2.25. The normalized spacial score (nSPS) is 11.0. The largest absolute Gasteiger partial charge is 0.497 e. The summed E-state index contributed by atoms with van der Waals surface area (Å²) in [4.78, 5) is 7.41. The number of nitrogens with one attached hydrogen (secondary N) is 1. The molecule has 6 nitrogen and oxygen atoms in total. The van der Waals surface area contributed by atoms with E-state index >= 15 is 0 Å². The van der Waals surface area contributed by atoms with Crippen molar-refractivity contribution in [3.8, 4) is 17.0 Å². The Morgan fingerprint density at radius 3 is 2.83 bits per heavy atom. The maximum atomic E-state index is 5.17. The molecule has 1 aromatic carbocycles. The van der Waals surface area contributed by atoms with E-state index in [1.54, 1.807) is 13.3 Å². The zero-order valence-corrected chi connectivity index (χ0v) is 12.6. The Kier molecular flexibility index (Phi) is 3.27. The zero-order chi connectivity index (χ0) is 15.6. The Morgan fingerprint density at radius 1 is 1.13 bits per heavy atom. The zero-order valence-electron chi connectivity index (χ0n) is 12.6. The molecule has 0 amide bonds. The van der Waals surface area contributed by atoms with Gasteiger partial charge in [0, 0.05) is 23.3 Å². The molecule has 0 fully saturated rings. The molecular formula is C17H15N5O. The maximum Gasteiger partial charge on any atom is 0.137 e. The molecule has 0 aliphatic heterocycles. The van der Waals surface area contributed by atoms with Gasteiger partial charge in [-0.2, -0.15) is 0 Å². The van der Waals surface area contributed by atoms with E-state index in [4.69, 9.17) is 4.74 Å². The fourth-order valence-corrected chi connectivity index (χ4v) is 2.60. The number of hydrogen-bond donors (Lipinski definition) is 1. The molecular weight excluding hydrogens is 290 g/mol. The summed E-state index contributed by atoms with van der Waals surface area (Å²) >= 11 is 0. The first-order valence-corrected chi connectivity index (χ1v) is 7.29. The number of methoxy groups -OCH3 is 1. The van der Waals surface area contributed by atoms with Crippen LogP contribution in [0.15, 0.2) is 55.0 Å². The van der Waals surface area contributed by atoms with Crippen LogP contribution >= 0.6 is 0 Å². The van der Waals surface area contributed by atoms with E-state index < -0.39 is 0 Å². The van der Waals surface area contributed by atoms with Crippen molar-refractivity contribution in [1.82, 2.24) is 25.0 Å². The molecule has 0 spiro atoms. The predicted molar refractivity (Wildman–Crippen MR) is 87.2 cm³/mol. The summed E-state index contributed by atoms with van der Waals surface area (Å²) in [6.45, 7) is 0.665.